The SMILES string of the molecule is CCOC(=O)C1(Cc2cccc(Br)n2)CCB(C#N)CC1. The fraction of sp³-hybridized carbons (Fsp3) is 0.533. The first kappa shape index (κ1) is 16.0. The maximum Gasteiger partial charge on any atom is 0.312 e. The number of rotatable bonds is 4. The van der Waals surface area contributed by atoms with Crippen molar-refractivity contribution < 1.29 is 9.53 Å². The molecule has 110 valence electrons. The van der Waals surface area contributed by atoms with E-state index in [1.54, 1.807) is 0 Å². The molecular formula is C15H18BBrN2O2. The van der Waals surface area contributed by atoms with E-state index >= 15 is 0 Å². The Kier molecular flexibility index (Phi) is 5.41. The zero-order valence-corrected chi connectivity index (χ0v) is 13.7. The fourth-order valence-corrected chi connectivity index (χ4v) is 3.31. The molecule has 0 radical (unpaired) electrons. The van der Waals surface area contributed by atoms with Crippen LogP contribution in [-0.2, 0) is 16.0 Å². The third kappa shape index (κ3) is 3.85. The molecule has 2 heterocycles. The molecule has 0 spiro atoms. The largest absolute Gasteiger partial charge is 0.466 e. The zero-order valence-electron chi connectivity index (χ0n) is 12.1. The van der Waals surface area contributed by atoms with Crippen molar-refractivity contribution >= 4 is 28.6 Å². The standard InChI is InChI=1S/C15H18BBrN2O2/c1-2-21-14(20)15(6-8-16(11-18)9-7-15)10-12-4-3-5-13(17)19-12/h3-5H,2,6-10H2,1H3. The van der Waals surface area contributed by atoms with Gasteiger partial charge in [-0.25, -0.2) is 10.2 Å². The number of hydrogen-bond donors (Lipinski definition) is 0. The number of nitriles is 1. The van der Waals surface area contributed by atoms with Gasteiger partial charge in [-0.3, -0.25) is 4.79 Å². The van der Waals surface area contributed by atoms with Gasteiger partial charge in [0.2, 0.25) is 0 Å². The van der Waals surface area contributed by atoms with E-state index in [1.165, 1.54) is 0 Å². The maximum atomic E-state index is 12.5. The molecule has 0 bridgehead atoms. The highest BCUT2D eigenvalue weighted by Gasteiger charge is 2.44. The third-order valence-electron chi connectivity index (χ3n) is 4.13. The van der Waals surface area contributed by atoms with E-state index in [-0.39, 0.29) is 12.7 Å². The normalized spacial score (nSPS) is 17.1. The molecule has 0 aliphatic carbocycles. The topological polar surface area (TPSA) is 63.0 Å². The van der Waals surface area contributed by atoms with Crippen molar-refractivity contribution in [1.82, 2.24) is 4.98 Å². The van der Waals surface area contributed by atoms with Gasteiger partial charge in [0.1, 0.15) is 4.60 Å². The van der Waals surface area contributed by atoms with Gasteiger partial charge in [-0.1, -0.05) is 18.7 Å². The summed E-state index contributed by atoms with van der Waals surface area (Å²) in [6.45, 7) is 2.26. The first-order valence-electron chi connectivity index (χ1n) is 7.28. The van der Waals surface area contributed by atoms with Crippen LogP contribution in [0.1, 0.15) is 25.5 Å². The third-order valence-corrected chi connectivity index (χ3v) is 4.57. The van der Waals surface area contributed by atoms with Crippen molar-refractivity contribution in [2.24, 2.45) is 5.41 Å². The molecule has 2 rings (SSSR count). The summed E-state index contributed by atoms with van der Waals surface area (Å²) in [5, 5.41) is 9.04. The Hall–Kier alpha value is -1.35. The molecule has 0 amide bonds. The minimum Gasteiger partial charge on any atom is -0.466 e. The van der Waals surface area contributed by atoms with E-state index in [0.717, 1.165) is 22.9 Å². The quantitative estimate of drug-likeness (QED) is 0.476. The number of nitrogens with zero attached hydrogens (tertiary/aromatic N) is 2. The second-order valence-corrected chi connectivity index (χ2v) is 6.35. The van der Waals surface area contributed by atoms with E-state index < -0.39 is 5.41 Å². The molecule has 0 N–H and O–H groups in total. The Morgan fingerprint density at radius 2 is 2.24 bits per heavy atom. The first-order chi connectivity index (χ1) is 10.1. The summed E-state index contributed by atoms with van der Waals surface area (Å²) < 4.78 is 6.06. The van der Waals surface area contributed by atoms with E-state index in [9.17, 15) is 4.79 Å². The Balaban J connectivity index is 2.21. The van der Waals surface area contributed by atoms with Crippen molar-refractivity contribution in [3.63, 3.8) is 0 Å². The van der Waals surface area contributed by atoms with Crippen LogP contribution < -0.4 is 0 Å². The molecule has 1 aliphatic heterocycles. The minimum absolute atomic E-state index is 0.0584. The summed E-state index contributed by atoms with van der Waals surface area (Å²) in [5.41, 5.74) is 0.352. The van der Waals surface area contributed by atoms with Crippen molar-refractivity contribution in [2.45, 2.75) is 38.8 Å². The number of halogens is 1. The number of hydrogen-bond acceptors (Lipinski definition) is 4. The number of pyridine rings is 1. The van der Waals surface area contributed by atoms with Crippen LogP contribution in [0.4, 0.5) is 0 Å². The molecular weight excluding hydrogens is 331 g/mol. The van der Waals surface area contributed by atoms with Gasteiger partial charge in [-0.15, -0.1) is 0 Å². The van der Waals surface area contributed by atoms with Crippen LogP contribution in [0.2, 0.25) is 12.6 Å². The van der Waals surface area contributed by atoms with Crippen LogP contribution in [0, 0.1) is 16.6 Å². The van der Waals surface area contributed by atoms with Gasteiger partial charge in [0, 0.05) is 18.1 Å². The lowest BCUT2D eigenvalue weighted by Gasteiger charge is -2.35. The molecule has 1 aromatic rings. The summed E-state index contributed by atoms with van der Waals surface area (Å²) in [6.07, 6.45) is 3.46. The Bertz CT molecular complexity index is 551. The molecule has 1 aromatic heterocycles. The van der Waals surface area contributed by atoms with Crippen LogP contribution in [0.25, 0.3) is 0 Å². The Morgan fingerprint density at radius 3 is 2.81 bits per heavy atom. The summed E-state index contributed by atoms with van der Waals surface area (Å²) in [7, 11) is 0. The highest BCUT2D eigenvalue weighted by atomic mass is 79.9. The smallest absolute Gasteiger partial charge is 0.312 e. The first-order valence-corrected chi connectivity index (χ1v) is 8.07. The van der Waals surface area contributed by atoms with Crippen LogP contribution in [0.5, 0.6) is 0 Å². The van der Waals surface area contributed by atoms with Gasteiger partial charge < -0.3 is 4.74 Å². The molecule has 6 heteroatoms. The Labute approximate surface area is 134 Å². The van der Waals surface area contributed by atoms with Gasteiger partial charge in [0.15, 0.2) is 0 Å². The molecule has 1 fully saturated rings. The van der Waals surface area contributed by atoms with Crippen LogP contribution in [0.3, 0.4) is 0 Å². The fourth-order valence-electron chi connectivity index (χ4n) is 2.93. The molecule has 4 nitrogen and oxygen atoms in total. The second kappa shape index (κ2) is 7.08. The number of ether oxygens (including phenoxy) is 1. The highest BCUT2D eigenvalue weighted by molar-refractivity contribution is 9.10. The average Bonchev–Trinajstić information content (AvgIpc) is 2.48. The van der Waals surface area contributed by atoms with Crippen molar-refractivity contribution in [2.75, 3.05) is 6.61 Å². The van der Waals surface area contributed by atoms with Gasteiger partial charge >= 0.3 is 5.97 Å². The van der Waals surface area contributed by atoms with Crippen molar-refractivity contribution in [1.29, 1.82) is 5.26 Å². The summed E-state index contributed by atoms with van der Waals surface area (Å²) in [4.78, 5) is 16.9. The maximum absolute atomic E-state index is 12.5. The lowest BCUT2D eigenvalue weighted by molar-refractivity contribution is -0.156. The van der Waals surface area contributed by atoms with E-state index in [2.05, 4.69) is 26.9 Å². The molecule has 21 heavy (non-hydrogen) atoms. The van der Waals surface area contributed by atoms with Crippen LogP contribution >= 0.6 is 15.9 Å². The van der Waals surface area contributed by atoms with E-state index in [0.29, 0.717) is 25.9 Å². The monoisotopic (exact) mass is 348 g/mol. The number of carbonyl (C=O) groups is 1. The zero-order chi connectivity index (χ0) is 15.3. The van der Waals surface area contributed by atoms with Crippen molar-refractivity contribution in [3.05, 3.63) is 28.5 Å². The lowest BCUT2D eigenvalue weighted by atomic mass is 9.39. The second-order valence-electron chi connectivity index (χ2n) is 5.53. The summed E-state index contributed by atoms with van der Waals surface area (Å²) in [5.74, 6) is 2.16. The summed E-state index contributed by atoms with van der Waals surface area (Å²) >= 11 is 3.36. The summed E-state index contributed by atoms with van der Waals surface area (Å²) in [6, 6.07) is 5.72. The minimum atomic E-state index is -0.531. The molecule has 1 saturated heterocycles. The van der Waals surface area contributed by atoms with Gasteiger partial charge in [0.05, 0.1) is 12.0 Å². The number of esters is 1. The molecule has 1 aliphatic rings. The van der Waals surface area contributed by atoms with Crippen LogP contribution in [-0.4, -0.2) is 24.3 Å². The Morgan fingerprint density at radius 1 is 1.52 bits per heavy atom. The number of carbonyl (C=O) groups excluding carboxylic acids is 1. The predicted octanol–water partition coefficient (Wildman–Crippen LogP) is 3.29. The van der Waals surface area contributed by atoms with Crippen molar-refractivity contribution in [3.8, 4) is 5.97 Å². The van der Waals surface area contributed by atoms with E-state index in [1.807, 2.05) is 25.1 Å². The molecule has 0 atom stereocenters. The van der Waals surface area contributed by atoms with Gasteiger partial charge in [0.25, 0.3) is 6.71 Å². The lowest BCUT2D eigenvalue weighted by Crippen LogP contribution is -2.40. The van der Waals surface area contributed by atoms with E-state index in [4.69, 9.17) is 10.00 Å². The molecule has 0 saturated carbocycles. The molecule has 0 aromatic carbocycles. The molecule has 0 unspecified atom stereocenters. The van der Waals surface area contributed by atoms with Crippen LogP contribution in [0.15, 0.2) is 22.8 Å². The van der Waals surface area contributed by atoms with Gasteiger partial charge in [-0.05, 0) is 47.8 Å². The number of aromatic nitrogens is 1. The highest BCUT2D eigenvalue weighted by Crippen LogP contribution is 2.40. The predicted molar refractivity (Wildman–Crippen MR) is 84.9 cm³/mol. The van der Waals surface area contributed by atoms with Gasteiger partial charge in [-0.2, -0.15) is 0 Å². The average molecular weight is 349 g/mol.